The first-order chi connectivity index (χ1) is 10.1. The van der Waals surface area contributed by atoms with Crippen LogP contribution in [0.1, 0.15) is 37.8 Å². The Hall–Kier alpha value is -0.970. The van der Waals surface area contributed by atoms with Gasteiger partial charge in [0.15, 0.2) is 0 Å². The van der Waals surface area contributed by atoms with Gasteiger partial charge in [0.05, 0.1) is 13.2 Å². The maximum absolute atomic E-state index is 13.8. The zero-order valence-corrected chi connectivity index (χ0v) is 13.4. The lowest BCUT2D eigenvalue weighted by Crippen LogP contribution is -2.25. The molecule has 0 spiro atoms. The molecule has 0 heterocycles. The Labute approximate surface area is 127 Å². The van der Waals surface area contributed by atoms with Crippen LogP contribution in [0.4, 0.5) is 4.39 Å². The van der Waals surface area contributed by atoms with Crippen LogP contribution in [0.25, 0.3) is 0 Å². The molecule has 1 N–H and O–H groups in total. The SMILES string of the molecule is CC(C)NCc1ccc(F)c(COCCN(C)C2CC2)c1. The summed E-state index contributed by atoms with van der Waals surface area (Å²) in [4.78, 5) is 2.32. The van der Waals surface area contributed by atoms with Gasteiger partial charge in [0.1, 0.15) is 5.82 Å². The van der Waals surface area contributed by atoms with Gasteiger partial charge in [0, 0.05) is 30.7 Å². The van der Waals surface area contributed by atoms with Crippen molar-refractivity contribution in [1.29, 1.82) is 0 Å². The zero-order chi connectivity index (χ0) is 15.2. The molecular weight excluding hydrogens is 267 g/mol. The number of hydrogen-bond donors (Lipinski definition) is 1. The van der Waals surface area contributed by atoms with Crippen LogP contribution < -0.4 is 5.32 Å². The van der Waals surface area contributed by atoms with Gasteiger partial charge in [-0.2, -0.15) is 0 Å². The summed E-state index contributed by atoms with van der Waals surface area (Å²) < 4.78 is 19.4. The highest BCUT2D eigenvalue weighted by atomic mass is 19.1. The standard InChI is InChI=1S/C17H27FN2O/c1-13(2)19-11-14-4-7-17(18)15(10-14)12-21-9-8-20(3)16-5-6-16/h4,7,10,13,16,19H,5-6,8-9,11-12H2,1-3H3. The van der Waals surface area contributed by atoms with Gasteiger partial charge in [-0.3, -0.25) is 0 Å². The molecule has 1 aliphatic rings. The number of ether oxygens (including phenoxy) is 1. The van der Waals surface area contributed by atoms with E-state index in [1.54, 1.807) is 0 Å². The third-order valence-corrected chi connectivity index (χ3v) is 3.84. The van der Waals surface area contributed by atoms with E-state index in [-0.39, 0.29) is 5.82 Å². The van der Waals surface area contributed by atoms with Gasteiger partial charge in [0.2, 0.25) is 0 Å². The van der Waals surface area contributed by atoms with Crippen LogP contribution >= 0.6 is 0 Å². The topological polar surface area (TPSA) is 24.5 Å². The van der Waals surface area contributed by atoms with E-state index in [4.69, 9.17) is 4.74 Å². The summed E-state index contributed by atoms with van der Waals surface area (Å²) >= 11 is 0. The van der Waals surface area contributed by atoms with Crippen molar-refractivity contribution in [3.8, 4) is 0 Å². The van der Waals surface area contributed by atoms with Gasteiger partial charge in [0.25, 0.3) is 0 Å². The average Bonchev–Trinajstić information content (AvgIpc) is 3.28. The van der Waals surface area contributed by atoms with Crippen molar-refractivity contribution in [1.82, 2.24) is 10.2 Å². The largest absolute Gasteiger partial charge is 0.375 e. The average molecular weight is 294 g/mol. The number of likely N-dealkylation sites (N-methyl/N-ethyl adjacent to an activating group) is 1. The number of hydrogen-bond acceptors (Lipinski definition) is 3. The molecule has 0 unspecified atom stereocenters. The van der Waals surface area contributed by atoms with Crippen LogP contribution in [0.2, 0.25) is 0 Å². The van der Waals surface area contributed by atoms with Crippen LogP contribution in [-0.2, 0) is 17.9 Å². The van der Waals surface area contributed by atoms with Crippen LogP contribution in [0.5, 0.6) is 0 Å². The van der Waals surface area contributed by atoms with E-state index in [1.165, 1.54) is 18.9 Å². The summed E-state index contributed by atoms with van der Waals surface area (Å²) in [6.45, 7) is 6.88. The smallest absolute Gasteiger partial charge is 0.128 e. The third-order valence-electron chi connectivity index (χ3n) is 3.84. The van der Waals surface area contributed by atoms with E-state index >= 15 is 0 Å². The lowest BCUT2D eigenvalue weighted by molar-refractivity contribution is 0.0959. The van der Waals surface area contributed by atoms with E-state index in [0.29, 0.717) is 24.8 Å². The number of nitrogens with one attached hydrogen (secondary N) is 1. The van der Waals surface area contributed by atoms with Crippen molar-refractivity contribution in [2.45, 2.75) is 51.9 Å². The number of benzene rings is 1. The van der Waals surface area contributed by atoms with Gasteiger partial charge in [-0.25, -0.2) is 4.39 Å². The monoisotopic (exact) mass is 294 g/mol. The molecule has 1 aromatic carbocycles. The molecule has 0 saturated heterocycles. The van der Waals surface area contributed by atoms with Crippen molar-refractivity contribution in [3.05, 3.63) is 35.1 Å². The molecule has 118 valence electrons. The van der Waals surface area contributed by atoms with E-state index in [2.05, 4.69) is 31.1 Å². The molecule has 21 heavy (non-hydrogen) atoms. The first-order valence-electron chi connectivity index (χ1n) is 7.85. The minimum absolute atomic E-state index is 0.182. The van der Waals surface area contributed by atoms with Gasteiger partial charge in [-0.05, 0) is 37.6 Å². The molecule has 1 fully saturated rings. The van der Waals surface area contributed by atoms with Crippen molar-refractivity contribution in [2.24, 2.45) is 0 Å². The number of nitrogens with zero attached hydrogens (tertiary/aromatic N) is 1. The molecule has 1 aliphatic carbocycles. The molecule has 0 bridgehead atoms. The second-order valence-electron chi connectivity index (χ2n) is 6.23. The zero-order valence-electron chi connectivity index (χ0n) is 13.4. The van der Waals surface area contributed by atoms with E-state index in [0.717, 1.165) is 24.7 Å². The van der Waals surface area contributed by atoms with E-state index in [1.807, 2.05) is 12.1 Å². The maximum atomic E-state index is 13.8. The van der Waals surface area contributed by atoms with E-state index in [9.17, 15) is 4.39 Å². The summed E-state index contributed by atoms with van der Waals surface area (Å²) in [6.07, 6.45) is 2.60. The predicted molar refractivity (Wildman–Crippen MR) is 83.7 cm³/mol. The van der Waals surface area contributed by atoms with Gasteiger partial charge in [-0.1, -0.05) is 19.9 Å². The third kappa shape index (κ3) is 5.73. The molecule has 0 radical (unpaired) electrons. The Morgan fingerprint density at radius 2 is 2.14 bits per heavy atom. The molecule has 0 amide bonds. The fraction of sp³-hybridized carbons (Fsp3) is 0.647. The highest BCUT2D eigenvalue weighted by Gasteiger charge is 2.25. The van der Waals surface area contributed by atoms with Crippen LogP contribution in [0, 0.1) is 5.82 Å². The quantitative estimate of drug-likeness (QED) is 0.709. The molecule has 4 heteroatoms. The Kier molecular flexibility index (Phi) is 6.15. The highest BCUT2D eigenvalue weighted by Crippen LogP contribution is 2.24. The summed E-state index contributed by atoms with van der Waals surface area (Å²) in [5.41, 5.74) is 1.74. The molecule has 2 rings (SSSR count). The van der Waals surface area contributed by atoms with Crippen molar-refractivity contribution in [2.75, 3.05) is 20.2 Å². The maximum Gasteiger partial charge on any atom is 0.128 e. The summed E-state index contributed by atoms with van der Waals surface area (Å²) in [5, 5.41) is 3.34. The Balaban J connectivity index is 1.76. The second-order valence-corrected chi connectivity index (χ2v) is 6.23. The van der Waals surface area contributed by atoms with E-state index < -0.39 is 0 Å². The van der Waals surface area contributed by atoms with Gasteiger partial charge >= 0.3 is 0 Å². The molecule has 1 saturated carbocycles. The lowest BCUT2D eigenvalue weighted by atomic mass is 10.1. The minimum atomic E-state index is -0.182. The van der Waals surface area contributed by atoms with Crippen molar-refractivity contribution >= 4 is 0 Å². The number of halogens is 1. The molecule has 0 atom stereocenters. The molecule has 0 aliphatic heterocycles. The second kappa shape index (κ2) is 7.87. The molecule has 1 aromatic rings. The van der Waals surface area contributed by atoms with Crippen LogP contribution in [-0.4, -0.2) is 37.2 Å². The molecule has 0 aromatic heterocycles. The summed E-state index contributed by atoms with van der Waals surface area (Å²) in [7, 11) is 2.12. The first-order valence-corrected chi connectivity index (χ1v) is 7.85. The minimum Gasteiger partial charge on any atom is -0.375 e. The fourth-order valence-electron chi connectivity index (χ4n) is 2.26. The first kappa shape index (κ1) is 16.4. The van der Waals surface area contributed by atoms with Gasteiger partial charge < -0.3 is 15.0 Å². The fourth-order valence-corrected chi connectivity index (χ4v) is 2.26. The molecular formula is C17H27FN2O. The highest BCUT2D eigenvalue weighted by molar-refractivity contribution is 5.24. The Bertz CT molecular complexity index is 446. The Morgan fingerprint density at radius 1 is 1.38 bits per heavy atom. The summed E-state index contributed by atoms with van der Waals surface area (Å²) in [5.74, 6) is -0.182. The van der Waals surface area contributed by atoms with Gasteiger partial charge in [-0.15, -0.1) is 0 Å². The predicted octanol–water partition coefficient (Wildman–Crippen LogP) is 2.93. The van der Waals surface area contributed by atoms with Crippen molar-refractivity contribution in [3.63, 3.8) is 0 Å². The van der Waals surface area contributed by atoms with Crippen LogP contribution in [0.3, 0.4) is 0 Å². The lowest BCUT2D eigenvalue weighted by Gasteiger charge is -2.15. The molecule has 3 nitrogen and oxygen atoms in total. The summed E-state index contributed by atoms with van der Waals surface area (Å²) in [6, 6.07) is 6.43. The normalized spacial score (nSPS) is 15.1. The van der Waals surface area contributed by atoms with Crippen LogP contribution in [0.15, 0.2) is 18.2 Å². The Morgan fingerprint density at radius 3 is 2.81 bits per heavy atom. The number of rotatable bonds is 9. The van der Waals surface area contributed by atoms with Crippen molar-refractivity contribution < 1.29 is 9.13 Å².